The van der Waals surface area contributed by atoms with Crippen molar-refractivity contribution in [2.75, 3.05) is 132 Å². The van der Waals surface area contributed by atoms with Crippen molar-refractivity contribution in [3.8, 4) is 0 Å². The molecule has 0 aromatic heterocycles. The number of ether oxygens (including phenoxy) is 7. The topological polar surface area (TPSA) is 196 Å². The average molecular weight is 885 g/mol. The summed E-state index contributed by atoms with van der Waals surface area (Å²) in [5.74, 6) is -1.72. The molecule has 0 saturated carbocycles. The van der Waals surface area contributed by atoms with Crippen LogP contribution in [0.2, 0.25) is 0 Å². The van der Waals surface area contributed by atoms with E-state index in [0.717, 1.165) is 18.2 Å². The van der Waals surface area contributed by atoms with Gasteiger partial charge < -0.3 is 63.8 Å². The van der Waals surface area contributed by atoms with E-state index in [1.807, 2.05) is 36.0 Å². The molecule has 0 radical (unpaired) electrons. The van der Waals surface area contributed by atoms with Crippen molar-refractivity contribution < 1.29 is 57.1 Å². The number of anilines is 1. The van der Waals surface area contributed by atoms with E-state index in [1.165, 1.54) is 11.0 Å². The monoisotopic (exact) mass is 884 g/mol. The van der Waals surface area contributed by atoms with Gasteiger partial charge in [-0.3, -0.25) is 24.0 Å². The van der Waals surface area contributed by atoms with Crippen molar-refractivity contribution in [3.63, 3.8) is 0 Å². The fourth-order valence-electron chi connectivity index (χ4n) is 4.58. The van der Waals surface area contributed by atoms with E-state index in [2.05, 4.69) is 16.0 Å². The second-order valence-electron chi connectivity index (χ2n) is 13.5. The van der Waals surface area contributed by atoms with Crippen LogP contribution in [0.15, 0.2) is 36.4 Å². The number of carbonyl (C=O) groups is 5. The smallest absolute Gasteiger partial charge is 0.259 e. The Morgan fingerprint density at radius 1 is 0.717 bits per heavy atom. The Hall–Kier alpha value is -4.15. The van der Waals surface area contributed by atoms with Gasteiger partial charge in [-0.1, -0.05) is 38.2 Å². The third kappa shape index (κ3) is 27.6. The number of nitrogens with one attached hydrogen (secondary N) is 3. The summed E-state index contributed by atoms with van der Waals surface area (Å²) in [6.07, 6.45) is 2.96. The van der Waals surface area contributed by atoms with E-state index in [0.29, 0.717) is 96.3 Å². The normalized spacial score (nSPS) is 11.5. The number of likely N-dealkylation sites (N-methyl/N-ethyl adjacent to an activating group) is 3. The van der Waals surface area contributed by atoms with E-state index >= 15 is 0 Å². The first-order valence-electron chi connectivity index (χ1n) is 19.7. The third-order valence-corrected chi connectivity index (χ3v) is 8.96. The molecule has 4 amide bonds. The molecule has 338 valence electrons. The Labute approximate surface area is 364 Å². The lowest BCUT2D eigenvalue weighted by Crippen LogP contribution is -2.51. The quantitative estimate of drug-likeness (QED) is 0.0381. The highest BCUT2D eigenvalue weighted by Gasteiger charge is 2.24. The van der Waals surface area contributed by atoms with Crippen LogP contribution >= 0.6 is 24.4 Å². The van der Waals surface area contributed by atoms with Gasteiger partial charge in [-0.2, -0.15) is 0 Å². The van der Waals surface area contributed by atoms with Gasteiger partial charge in [0.2, 0.25) is 23.6 Å². The first-order valence-corrected chi connectivity index (χ1v) is 20.6. The van der Waals surface area contributed by atoms with Gasteiger partial charge in [-0.05, 0) is 41.9 Å². The van der Waals surface area contributed by atoms with E-state index in [1.54, 1.807) is 38.5 Å². The first-order chi connectivity index (χ1) is 28.9. The Morgan fingerprint density at radius 2 is 1.25 bits per heavy atom. The van der Waals surface area contributed by atoms with Gasteiger partial charge in [-0.15, -0.1) is 0 Å². The Morgan fingerprint density at radius 3 is 1.77 bits per heavy atom. The molecular formula is C40H64N6O12S2. The minimum absolute atomic E-state index is 0.0541. The number of allylic oxidation sites excluding steroid dienone is 1. The Bertz CT molecular complexity index is 1440. The molecule has 0 spiro atoms. The molecule has 0 saturated heterocycles. The number of nitrogens with zero attached hydrogens (tertiary/aromatic N) is 3. The van der Waals surface area contributed by atoms with E-state index in [-0.39, 0.29) is 50.5 Å². The number of thiocarbonyl (C=S) groups is 2. The molecule has 18 nitrogen and oxygen atoms in total. The number of amides is 4. The highest BCUT2D eigenvalue weighted by atomic mass is 32.1. The van der Waals surface area contributed by atoms with Crippen molar-refractivity contribution in [3.05, 3.63) is 42.0 Å². The van der Waals surface area contributed by atoms with Crippen LogP contribution in [-0.4, -0.2) is 188 Å². The predicted molar refractivity (Wildman–Crippen MR) is 234 cm³/mol. The molecule has 1 aromatic carbocycles. The highest BCUT2D eigenvalue weighted by Crippen LogP contribution is 2.11. The molecule has 0 aliphatic heterocycles. The summed E-state index contributed by atoms with van der Waals surface area (Å²) in [6, 6.07) is 6.26. The molecule has 20 heteroatoms. The van der Waals surface area contributed by atoms with E-state index < -0.39 is 17.9 Å². The summed E-state index contributed by atoms with van der Waals surface area (Å²) in [5, 5.41) is 8.43. The minimum atomic E-state index is -0.827. The van der Waals surface area contributed by atoms with Crippen LogP contribution in [-0.2, 0) is 63.7 Å². The van der Waals surface area contributed by atoms with Gasteiger partial charge in [0.05, 0.1) is 91.3 Å². The fraction of sp³-hybridized carbons (Fsp3) is 0.625. The summed E-state index contributed by atoms with van der Waals surface area (Å²) in [7, 11) is 5.37. The molecule has 0 aliphatic rings. The number of hydrogen-bond acceptors (Lipinski definition) is 14. The predicted octanol–water partition coefficient (Wildman–Crippen LogP) is 1.21. The first kappa shape index (κ1) is 53.9. The van der Waals surface area contributed by atoms with Crippen LogP contribution < -0.4 is 16.0 Å². The number of carbonyl (C=O) groups excluding carboxylic acids is 5. The SMILES string of the molecule is CC(C)C(NC(=O)CCOCCOCCOCCOCCOCCOCCN(C)C(=O)/C=C\C=O)C(=O)NCC(=O)Nc1ccc(COC(=S)N(C)CCN(C)C=S)cc1. The molecule has 1 aromatic rings. The van der Waals surface area contributed by atoms with Gasteiger partial charge in [0, 0.05) is 59.0 Å². The zero-order valence-electron chi connectivity index (χ0n) is 35.6. The van der Waals surface area contributed by atoms with E-state index in [4.69, 9.17) is 57.6 Å². The third-order valence-electron chi connectivity index (χ3n) is 8.17. The van der Waals surface area contributed by atoms with Gasteiger partial charge in [0.1, 0.15) is 18.9 Å². The van der Waals surface area contributed by atoms with Crippen molar-refractivity contribution in [1.82, 2.24) is 25.3 Å². The van der Waals surface area contributed by atoms with Crippen molar-refractivity contribution in [2.45, 2.75) is 32.9 Å². The number of rotatable bonds is 35. The summed E-state index contributed by atoms with van der Waals surface area (Å²) in [6.45, 7) is 9.72. The lowest BCUT2D eigenvalue weighted by molar-refractivity contribution is -0.131. The number of aldehydes is 1. The molecule has 0 fully saturated rings. The van der Waals surface area contributed by atoms with Gasteiger partial charge >= 0.3 is 0 Å². The zero-order valence-corrected chi connectivity index (χ0v) is 37.2. The van der Waals surface area contributed by atoms with Crippen LogP contribution in [0.25, 0.3) is 0 Å². The summed E-state index contributed by atoms with van der Waals surface area (Å²) in [5.41, 5.74) is 2.99. The van der Waals surface area contributed by atoms with Crippen LogP contribution in [0.4, 0.5) is 5.69 Å². The lowest BCUT2D eigenvalue weighted by atomic mass is 10.0. The van der Waals surface area contributed by atoms with Crippen LogP contribution in [0.5, 0.6) is 0 Å². The largest absolute Gasteiger partial charge is 0.466 e. The Kier molecular flexibility index (Phi) is 31.0. The molecule has 0 bridgehead atoms. The van der Waals surface area contributed by atoms with Crippen LogP contribution in [0.3, 0.4) is 0 Å². The van der Waals surface area contributed by atoms with Crippen molar-refractivity contribution >= 4 is 70.7 Å². The molecule has 60 heavy (non-hydrogen) atoms. The van der Waals surface area contributed by atoms with Crippen molar-refractivity contribution in [2.24, 2.45) is 5.92 Å². The maximum absolute atomic E-state index is 12.9. The summed E-state index contributed by atoms with van der Waals surface area (Å²) < 4.78 is 38.4. The summed E-state index contributed by atoms with van der Waals surface area (Å²) in [4.78, 5) is 65.0. The van der Waals surface area contributed by atoms with Gasteiger partial charge in [0.25, 0.3) is 5.17 Å². The second kappa shape index (κ2) is 34.6. The molecule has 0 heterocycles. The maximum atomic E-state index is 12.9. The average Bonchev–Trinajstić information content (AvgIpc) is 3.24. The minimum Gasteiger partial charge on any atom is -0.466 e. The molecular weight excluding hydrogens is 821 g/mol. The van der Waals surface area contributed by atoms with Crippen LogP contribution in [0, 0.1) is 5.92 Å². The maximum Gasteiger partial charge on any atom is 0.259 e. The zero-order chi connectivity index (χ0) is 44.4. The summed E-state index contributed by atoms with van der Waals surface area (Å²) >= 11 is 10.2. The molecule has 1 rings (SSSR count). The van der Waals surface area contributed by atoms with Gasteiger partial charge in [-0.25, -0.2) is 0 Å². The van der Waals surface area contributed by atoms with E-state index in [9.17, 15) is 24.0 Å². The van der Waals surface area contributed by atoms with Gasteiger partial charge in [0.15, 0.2) is 0 Å². The molecule has 1 unspecified atom stereocenters. The Balaban J connectivity index is 2.08. The van der Waals surface area contributed by atoms with Crippen LogP contribution in [0.1, 0.15) is 25.8 Å². The standard InChI is InChI=1S/C40H64N6O12S2/c1-32(2)38(39(51)41-29-36(49)42-34-10-8-33(9-11-34)30-58-40(60)46(5)14-13-44(3)31-59)43-35(48)12-17-52-19-21-54-23-25-56-27-28-57-26-24-55-22-20-53-18-15-45(4)37(50)7-6-16-47/h6-11,16,31-32,38H,12-15,17-30H2,1-5H3,(H,41,51)(H,42,49)(H,43,48)/b7-6-. The molecule has 1 atom stereocenters. The number of hydrogen-bond donors (Lipinski definition) is 3. The lowest BCUT2D eigenvalue weighted by Gasteiger charge is -2.22. The number of benzene rings is 1. The molecule has 3 N–H and O–H groups in total. The fourth-order valence-corrected chi connectivity index (χ4v) is 4.84. The second-order valence-corrected chi connectivity index (χ2v) is 14.1. The highest BCUT2D eigenvalue weighted by molar-refractivity contribution is 7.80. The molecule has 0 aliphatic carbocycles. The van der Waals surface area contributed by atoms with Crippen molar-refractivity contribution in [1.29, 1.82) is 0 Å².